The predicted molar refractivity (Wildman–Crippen MR) is 95.7 cm³/mol. The summed E-state index contributed by atoms with van der Waals surface area (Å²) in [6, 6.07) is 7.95. The van der Waals surface area contributed by atoms with E-state index in [4.69, 9.17) is 23.2 Å². The van der Waals surface area contributed by atoms with Gasteiger partial charge in [-0.3, -0.25) is 4.79 Å². The molecule has 0 spiro atoms. The molecule has 22 heavy (non-hydrogen) atoms. The molecule has 0 aliphatic rings. The van der Waals surface area contributed by atoms with Crippen LogP contribution >= 0.6 is 34.5 Å². The second-order valence-corrected chi connectivity index (χ2v) is 8.57. The number of halogens is 2. The summed E-state index contributed by atoms with van der Waals surface area (Å²) < 4.78 is 1.18. The van der Waals surface area contributed by atoms with Crippen LogP contribution < -0.4 is 0 Å². The van der Waals surface area contributed by atoms with Gasteiger partial charge in [0.25, 0.3) is 0 Å². The minimum absolute atomic E-state index is 0.0229. The zero-order chi connectivity index (χ0) is 16.1. The Morgan fingerprint density at radius 3 is 2.45 bits per heavy atom. The van der Waals surface area contributed by atoms with Crippen LogP contribution in [0.1, 0.15) is 36.7 Å². The van der Waals surface area contributed by atoms with Gasteiger partial charge in [0.15, 0.2) is 6.29 Å². The van der Waals surface area contributed by atoms with Crippen molar-refractivity contribution in [3.05, 3.63) is 44.1 Å². The number of hydrogen-bond donors (Lipinski definition) is 1. The van der Waals surface area contributed by atoms with Gasteiger partial charge in [-0.2, -0.15) is 0 Å². The molecule has 0 unspecified atom stereocenters. The van der Waals surface area contributed by atoms with Crippen molar-refractivity contribution >= 4 is 51.7 Å². The average Bonchev–Trinajstić information content (AvgIpc) is 2.96. The van der Waals surface area contributed by atoms with Gasteiger partial charge >= 0.3 is 0 Å². The molecule has 114 valence electrons. The molecule has 2 nitrogen and oxygen atoms in total. The molecule has 3 aromatic rings. The van der Waals surface area contributed by atoms with Gasteiger partial charge in [0, 0.05) is 22.0 Å². The molecule has 2 aromatic heterocycles. The molecular weight excluding hydrogens is 337 g/mol. The summed E-state index contributed by atoms with van der Waals surface area (Å²) in [5.41, 5.74) is 4.25. The molecule has 0 atom stereocenters. The number of carbonyl (C=O) groups excluding carboxylic acids is 1. The van der Waals surface area contributed by atoms with Gasteiger partial charge in [-0.1, -0.05) is 50.0 Å². The lowest BCUT2D eigenvalue weighted by atomic mass is 9.86. The topological polar surface area (TPSA) is 32.9 Å². The normalized spacial score (nSPS) is 12.0. The molecule has 0 bridgehead atoms. The molecule has 1 N–H and O–H groups in total. The highest BCUT2D eigenvalue weighted by Crippen LogP contribution is 2.41. The fraction of sp³-hybridized carbons (Fsp3) is 0.235. The third kappa shape index (κ3) is 2.58. The van der Waals surface area contributed by atoms with Crippen molar-refractivity contribution in [2.75, 3.05) is 0 Å². The van der Waals surface area contributed by atoms with Crippen molar-refractivity contribution in [1.29, 1.82) is 0 Å². The largest absolute Gasteiger partial charge is 0.354 e. The third-order valence-electron chi connectivity index (χ3n) is 3.75. The van der Waals surface area contributed by atoms with Crippen molar-refractivity contribution < 1.29 is 4.79 Å². The molecule has 0 amide bonds. The number of carbonyl (C=O) groups is 1. The van der Waals surface area contributed by atoms with Crippen molar-refractivity contribution in [1.82, 2.24) is 4.98 Å². The lowest BCUT2D eigenvalue weighted by molar-refractivity contribution is 0.112. The van der Waals surface area contributed by atoms with E-state index in [1.165, 1.54) is 16.9 Å². The molecule has 2 heterocycles. The molecule has 0 radical (unpaired) electrons. The van der Waals surface area contributed by atoms with Gasteiger partial charge in [-0.15, -0.1) is 11.3 Å². The number of H-pyrrole nitrogens is 1. The molecule has 3 rings (SSSR count). The summed E-state index contributed by atoms with van der Waals surface area (Å²) in [4.78, 5) is 15.0. The molecule has 1 aromatic carbocycles. The minimum atomic E-state index is 0.0229. The van der Waals surface area contributed by atoms with E-state index in [0.717, 1.165) is 28.4 Å². The van der Waals surface area contributed by atoms with Crippen molar-refractivity contribution in [3.63, 3.8) is 0 Å². The highest BCUT2D eigenvalue weighted by Gasteiger charge is 2.20. The van der Waals surface area contributed by atoms with E-state index in [2.05, 4.69) is 37.9 Å². The van der Waals surface area contributed by atoms with Crippen molar-refractivity contribution in [2.45, 2.75) is 26.2 Å². The van der Waals surface area contributed by atoms with Gasteiger partial charge in [-0.25, -0.2) is 0 Å². The number of benzene rings is 1. The maximum absolute atomic E-state index is 11.7. The van der Waals surface area contributed by atoms with Gasteiger partial charge in [0.05, 0.1) is 10.0 Å². The third-order valence-corrected chi connectivity index (χ3v) is 5.24. The zero-order valence-corrected chi connectivity index (χ0v) is 14.8. The van der Waals surface area contributed by atoms with E-state index in [0.29, 0.717) is 14.2 Å². The quantitative estimate of drug-likeness (QED) is 0.538. The summed E-state index contributed by atoms with van der Waals surface area (Å²) in [5.74, 6) is 0. The molecule has 5 heteroatoms. The first-order valence-corrected chi connectivity index (χ1v) is 8.45. The van der Waals surface area contributed by atoms with Gasteiger partial charge in [0.1, 0.15) is 4.34 Å². The summed E-state index contributed by atoms with van der Waals surface area (Å²) >= 11 is 13.6. The van der Waals surface area contributed by atoms with Crippen LogP contribution in [0.4, 0.5) is 0 Å². The smallest absolute Gasteiger partial charge is 0.152 e. The summed E-state index contributed by atoms with van der Waals surface area (Å²) in [7, 11) is 0. The molecule has 0 aliphatic carbocycles. The Morgan fingerprint density at radius 2 is 1.91 bits per heavy atom. The fourth-order valence-corrected chi connectivity index (χ4v) is 4.00. The summed E-state index contributed by atoms with van der Waals surface area (Å²) in [6.07, 6.45) is 0.877. The van der Waals surface area contributed by atoms with Crippen LogP contribution in [0.15, 0.2) is 24.3 Å². The second-order valence-electron chi connectivity index (χ2n) is 6.28. The first-order valence-electron chi connectivity index (χ1n) is 6.88. The number of nitrogens with one attached hydrogen (secondary N) is 1. The SMILES string of the molecule is CC(C)(C)c1ccc2[nH]c(-c3cc(Cl)sc3Cl)c(C=O)c2c1. The standard InChI is InChI=1S/C17H15Cl2NOS/c1-17(2,3)9-4-5-13-10(6-9)12(8-21)15(20-13)11-7-14(18)22-16(11)19/h4-8,20H,1-3H3. The minimum Gasteiger partial charge on any atom is -0.354 e. The lowest BCUT2D eigenvalue weighted by Crippen LogP contribution is -2.10. The van der Waals surface area contributed by atoms with Crippen LogP contribution in [0.25, 0.3) is 22.2 Å². The van der Waals surface area contributed by atoms with Crippen LogP contribution in [0, 0.1) is 0 Å². The number of aldehydes is 1. The van der Waals surface area contributed by atoms with E-state index in [1.807, 2.05) is 6.07 Å². The van der Waals surface area contributed by atoms with Crippen molar-refractivity contribution in [2.24, 2.45) is 0 Å². The number of fused-ring (bicyclic) bond motifs is 1. The van der Waals surface area contributed by atoms with Crippen LogP contribution in [-0.4, -0.2) is 11.3 Å². The molecule has 0 fully saturated rings. The Labute approximate surface area is 143 Å². The van der Waals surface area contributed by atoms with E-state index in [-0.39, 0.29) is 5.41 Å². The highest BCUT2D eigenvalue weighted by atomic mass is 35.5. The maximum atomic E-state index is 11.7. The Bertz CT molecular complexity index is 871. The Morgan fingerprint density at radius 1 is 1.18 bits per heavy atom. The lowest BCUT2D eigenvalue weighted by Gasteiger charge is -2.18. The number of hydrogen-bond acceptors (Lipinski definition) is 2. The number of aromatic amines is 1. The maximum Gasteiger partial charge on any atom is 0.152 e. The molecule has 0 aliphatic heterocycles. The van der Waals surface area contributed by atoms with E-state index in [1.54, 1.807) is 6.07 Å². The first-order chi connectivity index (χ1) is 10.3. The molecule has 0 saturated carbocycles. The van der Waals surface area contributed by atoms with E-state index < -0.39 is 0 Å². The summed E-state index contributed by atoms with van der Waals surface area (Å²) in [5, 5.41) is 0.913. The van der Waals surface area contributed by atoms with Gasteiger partial charge < -0.3 is 4.98 Å². The molecule has 0 saturated heterocycles. The zero-order valence-electron chi connectivity index (χ0n) is 12.5. The van der Waals surface area contributed by atoms with Crippen LogP contribution in [-0.2, 0) is 5.41 Å². The fourth-order valence-electron chi connectivity index (χ4n) is 2.52. The number of thiophene rings is 1. The number of aromatic nitrogens is 1. The Kier molecular flexibility index (Phi) is 3.84. The van der Waals surface area contributed by atoms with Gasteiger partial charge in [0.2, 0.25) is 0 Å². The predicted octanol–water partition coefficient (Wildman–Crippen LogP) is 6.31. The number of rotatable bonds is 2. The summed E-state index contributed by atoms with van der Waals surface area (Å²) in [6.45, 7) is 6.45. The van der Waals surface area contributed by atoms with Gasteiger partial charge in [-0.05, 0) is 29.2 Å². The van der Waals surface area contributed by atoms with Crippen LogP contribution in [0.5, 0.6) is 0 Å². The molecular formula is C17H15Cl2NOS. The first kappa shape index (κ1) is 15.6. The Balaban J connectivity index is 2.29. The average molecular weight is 352 g/mol. The van der Waals surface area contributed by atoms with Crippen molar-refractivity contribution in [3.8, 4) is 11.3 Å². The second kappa shape index (κ2) is 5.41. The monoisotopic (exact) mass is 351 g/mol. The highest BCUT2D eigenvalue weighted by molar-refractivity contribution is 7.20. The van der Waals surface area contributed by atoms with E-state index in [9.17, 15) is 4.79 Å². The Hall–Kier alpha value is -1.29. The van der Waals surface area contributed by atoms with E-state index >= 15 is 0 Å². The van der Waals surface area contributed by atoms with Crippen LogP contribution in [0.2, 0.25) is 8.67 Å². The van der Waals surface area contributed by atoms with Crippen LogP contribution in [0.3, 0.4) is 0 Å².